The van der Waals surface area contributed by atoms with E-state index in [1.807, 2.05) is 46.5 Å². The Balaban J connectivity index is 1.70. The van der Waals surface area contributed by atoms with Crippen LogP contribution in [0.25, 0.3) is 0 Å². The van der Waals surface area contributed by atoms with Gasteiger partial charge < -0.3 is 4.57 Å². The van der Waals surface area contributed by atoms with Gasteiger partial charge in [0.25, 0.3) is 5.91 Å². The highest BCUT2D eigenvalue weighted by Gasteiger charge is 2.28. The SMILES string of the molecule is CS(=O)(=O)N1CCC(C(=O)N=c2sccn2Cc2ccccc2)CC1. The van der Waals surface area contributed by atoms with Crippen molar-refractivity contribution >= 4 is 27.3 Å². The summed E-state index contributed by atoms with van der Waals surface area (Å²) in [4.78, 5) is 17.5. The van der Waals surface area contributed by atoms with Crippen LogP contribution in [0.5, 0.6) is 0 Å². The van der Waals surface area contributed by atoms with E-state index in [-0.39, 0.29) is 11.8 Å². The van der Waals surface area contributed by atoms with Crippen molar-refractivity contribution in [3.05, 3.63) is 52.3 Å². The Bertz CT molecular complexity index is 892. The molecule has 1 fully saturated rings. The molecule has 2 heterocycles. The molecule has 134 valence electrons. The number of nitrogens with zero attached hydrogens (tertiary/aromatic N) is 3. The molecular weight excluding hydrogens is 358 g/mol. The summed E-state index contributed by atoms with van der Waals surface area (Å²) in [7, 11) is -3.18. The van der Waals surface area contributed by atoms with E-state index >= 15 is 0 Å². The summed E-state index contributed by atoms with van der Waals surface area (Å²) >= 11 is 1.44. The van der Waals surface area contributed by atoms with Gasteiger partial charge in [0.2, 0.25) is 10.0 Å². The van der Waals surface area contributed by atoms with Crippen molar-refractivity contribution in [3.63, 3.8) is 0 Å². The minimum Gasteiger partial charge on any atom is -0.319 e. The Hall–Kier alpha value is -1.77. The summed E-state index contributed by atoms with van der Waals surface area (Å²) in [5.74, 6) is -0.359. The molecular formula is C17H21N3O3S2. The van der Waals surface area contributed by atoms with Crippen LogP contribution >= 0.6 is 11.3 Å². The minimum atomic E-state index is -3.18. The summed E-state index contributed by atoms with van der Waals surface area (Å²) in [5, 5.41) is 1.92. The molecule has 3 rings (SSSR count). The van der Waals surface area contributed by atoms with Gasteiger partial charge >= 0.3 is 0 Å². The van der Waals surface area contributed by atoms with E-state index < -0.39 is 10.0 Å². The second-order valence-electron chi connectivity index (χ2n) is 6.19. The Morgan fingerprint density at radius 1 is 1.24 bits per heavy atom. The first-order valence-corrected chi connectivity index (χ1v) is 10.9. The maximum absolute atomic E-state index is 12.5. The number of benzene rings is 1. The van der Waals surface area contributed by atoms with Gasteiger partial charge in [0, 0.05) is 37.1 Å². The van der Waals surface area contributed by atoms with Crippen LogP contribution in [0.3, 0.4) is 0 Å². The summed E-state index contributed by atoms with van der Waals surface area (Å²) in [6.45, 7) is 1.45. The fourth-order valence-electron chi connectivity index (χ4n) is 2.91. The zero-order valence-corrected chi connectivity index (χ0v) is 15.7. The van der Waals surface area contributed by atoms with Crippen LogP contribution in [0, 0.1) is 5.92 Å². The third-order valence-corrected chi connectivity index (χ3v) is 6.43. The van der Waals surface area contributed by atoms with Gasteiger partial charge in [0.05, 0.1) is 6.26 Å². The number of sulfonamides is 1. The van der Waals surface area contributed by atoms with E-state index in [4.69, 9.17) is 0 Å². The van der Waals surface area contributed by atoms with Crippen LogP contribution in [-0.4, -0.2) is 42.5 Å². The summed E-state index contributed by atoms with van der Waals surface area (Å²) in [6, 6.07) is 10.0. The zero-order valence-electron chi connectivity index (χ0n) is 14.0. The lowest BCUT2D eigenvalue weighted by atomic mass is 9.98. The first-order valence-electron chi connectivity index (χ1n) is 8.15. The van der Waals surface area contributed by atoms with Gasteiger partial charge in [0.1, 0.15) is 0 Å². The number of hydrogen-bond donors (Lipinski definition) is 0. The van der Waals surface area contributed by atoms with E-state index in [9.17, 15) is 13.2 Å². The van der Waals surface area contributed by atoms with Crippen molar-refractivity contribution in [2.75, 3.05) is 19.3 Å². The third-order valence-electron chi connectivity index (χ3n) is 4.33. The summed E-state index contributed by atoms with van der Waals surface area (Å²) < 4.78 is 26.5. The molecule has 6 nitrogen and oxygen atoms in total. The van der Waals surface area contributed by atoms with Gasteiger partial charge in [-0.1, -0.05) is 30.3 Å². The fraction of sp³-hybridized carbons (Fsp3) is 0.412. The van der Waals surface area contributed by atoms with Crippen LogP contribution in [0.1, 0.15) is 18.4 Å². The number of piperidine rings is 1. The second-order valence-corrected chi connectivity index (χ2v) is 9.04. The maximum Gasteiger partial charge on any atom is 0.251 e. The number of aromatic nitrogens is 1. The van der Waals surface area contributed by atoms with Gasteiger partial charge in [-0.2, -0.15) is 4.99 Å². The largest absolute Gasteiger partial charge is 0.319 e. The molecule has 0 bridgehead atoms. The highest BCUT2D eigenvalue weighted by molar-refractivity contribution is 7.88. The standard InChI is InChI=1S/C17H21N3O3S2/c1-25(22,23)20-9-7-15(8-10-20)16(21)18-17-19(11-12-24-17)13-14-5-3-2-4-6-14/h2-6,11-12,15H,7-10,13H2,1H3. The lowest BCUT2D eigenvalue weighted by molar-refractivity contribution is -0.122. The Kier molecular flexibility index (Phi) is 5.51. The lowest BCUT2D eigenvalue weighted by Gasteiger charge is -2.28. The van der Waals surface area contributed by atoms with Crippen LogP contribution < -0.4 is 4.80 Å². The first-order chi connectivity index (χ1) is 11.9. The number of carbonyl (C=O) groups is 1. The Labute approximate surface area is 151 Å². The molecule has 25 heavy (non-hydrogen) atoms. The van der Waals surface area contributed by atoms with E-state index in [2.05, 4.69) is 4.99 Å². The van der Waals surface area contributed by atoms with E-state index in [1.54, 1.807) is 0 Å². The molecule has 0 atom stereocenters. The topological polar surface area (TPSA) is 71.7 Å². The van der Waals surface area contributed by atoms with Gasteiger partial charge in [-0.3, -0.25) is 4.79 Å². The predicted octanol–water partition coefficient (Wildman–Crippen LogP) is 1.70. The Morgan fingerprint density at radius 3 is 2.56 bits per heavy atom. The molecule has 1 aromatic heterocycles. The van der Waals surface area contributed by atoms with Crippen molar-refractivity contribution in [1.82, 2.24) is 8.87 Å². The average molecular weight is 380 g/mol. The molecule has 0 unspecified atom stereocenters. The number of hydrogen-bond acceptors (Lipinski definition) is 4. The minimum absolute atomic E-state index is 0.155. The molecule has 2 aromatic rings. The maximum atomic E-state index is 12.5. The molecule has 0 spiro atoms. The predicted molar refractivity (Wildman–Crippen MR) is 97.6 cm³/mol. The molecule has 0 saturated carbocycles. The van der Waals surface area contributed by atoms with Crippen LogP contribution in [0.15, 0.2) is 46.9 Å². The first kappa shape index (κ1) is 18.0. The van der Waals surface area contributed by atoms with Crippen molar-refractivity contribution in [2.45, 2.75) is 19.4 Å². The normalized spacial score (nSPS) is 17.7. The van der Waals surface area contributed by atoms with E-state index in [0.717, 1.165) is 5.56 Å². The highest BCUT2D eigenvalue weighted by atomic mass is 32.2. The zero-order chi connectivity index (χ0) is 17.9. The number of thiazole rings is 1. The molecule has 0 radical (unpaired) electrons. The Morgan fingerprint density at radius 2 is 1.92 bits per heavy atom. The second kappa shape index (κ2) is 7.63. The molecule has 8 heteroatoms. The molecule has 0 N–H and O–H groups in total. The van der Waals surface area contributed by atoms with E-state index in [0.29, 0.717) is 37.3 Å². The molecule has 1 aliphatic heterocycles. The van der Waals surface area contributed by atoms with Crippen molar-refractivity contribution in [3.8, 4) is 0 Å². The van der Waals surface area contributed by atoms with Crippen LogP contribution in [0.4, 0.5) is 0 Å². The summed E-state index contributed by atoms with van der Waals surface area (Å²) in [5.41, 5.74) is 1.15. The highest BCUT2D eigenvalue weighted by Crippen LogP contribution is 2.20. The molecule has 1 aromatic carbocycles. The van der Waals surface area contributed by atoms with Gasteiger partial charge in [-0.05, 0) is 18.4 Å². The molecule has 0 aliphatic carbocycles. The van der Waals surface area contributed by atoms with Crippen molar-refractivity contribution in [2.24, 2.45) is 10.9 Å². The number of rotatable bonds is 4. The van der Waals surface area contributed by atoms with Gasteiger partial charge in [-0.15, -0.1) is 11.3 Å². The van der Waals surface area contributed by atoms with Crippen molar-refractivity contribution in [1.29, 1.82) is 0 Å². The van der Waals surface area contributed by atoms with Crippen LogP contribution in [0.2, 0.25) is 0 Å². The molecule has 1 aliphatic rings. The molecule has 1 amide bonds. The third kappa shape index (κ3) is 4.65. The summed E-state index contributed by atoms with van der Waals surface area (Å²) in [6.07, 6.45) is 4.19. The molecule has 1 saturated heterocycles. The smallest absolute Gasteiger partial charge is 0.251 e. The van der Waals surface area contributed by atoms with Gasteiger partial charge in [0.15, 0.2) is 4.80 Å². The lowest BCUT2D eigenvalue weighted by Crippen LogP contribution is -2.39. The average Bonchev–Trinajstić information content (AvgIpc) is 3.02. The van der Waals surface area contributed by atoms with Crippen LogP contribution in [-0.2, 0) is 21.4 Å². The van der Waals surface area contributed by atoms with E-state index in [1.165, 1.54) is 21.9 Å². The monoisotopic (exact) mass is 379 g/mol. The number of carbonyl (C=O) groups excluding carboxylic acids is 1. The van der Waals surface area contributed by atoms with Gasteiger partial charge in [-0.25, -0.2) is 12.7 Å². The quantitative estimate of drug-likeness (QED) is 0.812. The fourth-order valence-corrected chi connectivity index (χ4v) is 4.51. The van der Waals surface area contributed by atoms with Crippen molar-refractivity contribution < 1.29 is 13.2 Å². The number of amides is 1.